The van der Waals surface area contributed by atoms with Crippen molar-refractivity contribution in [3.63, 3.8) is 0 Å². The van der Waals surface area contributed by atoms with Crippen LogP contribution in [-0.4, -0.2) is 45.4 Å². The molecule has 0 fully saturated rings. The Morgan fingerprint density at radius 2 is 1.79 bits per heavy atom. The molecule has 29 heavy (non-hydrogen) atoms. The minimum absolute atomic E-state index is 0.153. The van der Waals surface area contributed by atoms with Crippen LogP contribution in [0.4, 0.5) is 5.69 Å². The van der Waals surface area contributed by atoms with Crippen molar-refractivity contribution in [2.45, 2.75) is 6.42 Å². The maximum Gasteiger partial charge on any atom is 0.228 e. The number of carbonyl (C=O) groups excluding carboxylic acids is 1. The van der Waals surface area contributed by atoms with Gasteiger partial charge in [-0.3, -0.25) is 4.79 Å². The Bertz CT molecular complexity index is 1060. The van der Waals surface area contributed by atoms with Crippen LogP contribution >= 0.6 is 0 Å². The van der Waals surface area contributed by atoms with E-state index < -0.39 is 0 Å². The first-order chi connectivity index (χ1) is 14.1. The average Bonchev–Trinajstić information content (AvgIpc) is 3.14. The molecule has 2 N–H and O–H groups in total. The monoisotopic (exact) mass is 398 g/mol. The predicted molar refractivity (Wildman–Crippen MR) is 108 cm³/mol. The van der Waals surface area contributed by atoms with Crippen molar-refractivity contribution in [1.29, 1.82) is 0 Å². The van der Waals surface area contributed by atoms with Crippen molar-refractivity contribution in [2.75, 3.05) is 39.9 Å². The molecule has 3 aromatic rings. The average molecular weight is 398 g/mol. The van der Waals surface area contributed by atoms with E-state index in [-0.39, 0.29) is 12.3 Å². The molecule has 0 saturated heterocycles. The minimum atomic E-state index is -0.167. The van der Waals surface area contributed by atoms with Crippen LogP contribution in [-0.2, 0) is 11.2 Å². The van der Waals surface area contributed by atoms with Gasteiger partial charge in [0, 0.05) is 29.4 Å². The SMILES string of the molecule is COc1cc2[nH]cc(CC(=O)Nc3ccc4c(c3)OCCO4)c2c(OC)c1OC. The highest BCUT2D eigenvalue weighted by Crippen LogP contribution is 2.44. The first-order valence-corrected chi connectivity index (χ1v) is 9.13. The highest BCUT2D eigenvalue weighted by molar-refractivity contribution is 5.99. The molecule has 1 aliphatic rings. The second-order valence-electron chi connectivity index (χ2n) is 6.47. The van der Waals surface area contributed by atoms with Crippen molar-refractivity contribution in [2.24, 2.45) is 0 Å². The zero-order valence-electron chi connectivity index (χ0n) is 16.5. The van der Waals surface area contributed by atoms with E-state index in [4.69, 9.17) is 23.7 Å². The number of anilines is 1. The standard InChI is InChI=1S/C21H22N2O6/c1-25-17-10-14-19(21(27-3)20(17)26-2)12(11-22-14)8-18(24)23-13-4-5-15-16(9-13)29-7-6-28-15/h4-5,9-11,22H,6-8H2,1-3H3,(H,23,24). The third-order valence-corrected chi connectivity index (χ3v) is 4.73. The van der Waals surface area contributed by atoms with E-state index >= 15 is 0 Å². The second-order valence-corrected chi connectivity index (χ2v) is 6.47. The zero-order chi connectivity index (χ0) is 20.4. The zero-order valence-corrected chi connectivity index (χ0v) is 16.5. The molecule has 0 radical (unpaired) electrons. The molecule has 8 nitrogen and oxygen atoms in total. The summed E-state index contributed by atoms with van der Waals surface area (Å²) in [6, 6.07) is 7.15. The van der Waals surface area contributed by atoms with Gasteiger partial charge >= 0.3 is 0 Å². The number of fused-ring (bicyclic) bond motifs is 2. The minimum Gasteiger partial charge on any atom is -0.493 e. The molecule has 1 amide bonds. The van der Waals surface area contributed by atoms with Crippen molar-refractivity contribution in [3.8, 4) is 28.7 Å². The highest BCUT2D eigenvalue weighted by atomic mass is 16.6. The number of ether oxygens (including phenoxy) is 5. The molecule has 2 aromatic carbocycles. The number of carbonyl (C=O) groups is 1. The van der Waals surface area contributed by atoms with Gasteiger partial charge in [0.2, 0.25) is 11.7 Å². The molecule has 152 valence electrons. The number of hydrogen-bond donors (Lipinski definition) is 2. The van der Waals surface area contributed by atoms with Crippen LogP contribution in [0.5, 0.6) is 28.7 Å². The summed E-state index contributed by atoms with van der Waals surface area (Å²) in [7, 11) is 4.67. The van der Waals surface area contributed by atoms with Crippen LogP contribution in [0.1, 0.15) is 5.56 Å². The molecule has 0 atom stereocenters. The largest absolute Gasteiger partial charge is 0.493 e. The highest BCUT2D eigenvalue weighted by Gasteiger charge is 2.21. The third-order valence-electron chi connectivity index (χ3n) is 4.73. The lowest BCUT2D eigenvalue weighted by molar-refractivity contribution is -0.115. The quantitative estimate of drug-likeness (QED) is 0.663. The molecule has 0 saturated carbocycles. The summed E-state index contributed by atoms with van der Waals surface area (Å²) in [5.74, 6) is 2.68. The van der Waals surface area contributed by atoms with Gasteiger partial charge in [-0.25, -0.2) is 0 Å². The molecule has 1 aromatic heterocycles. The molecule has 4 rings (SSSR count). The van der Waals surface area contributed by atoms with E-state index in [0.717, 1.165) is 16.5 Å². The number of rotatable bonds is 6. The van der Waals surface area contributed by atoms with Crippen LogP contribution < -0.4 is 29.0 Å². The number of methoxy groups -OCH3 is 3. The van der Waals surface area contributed by atoms with Crippen molar-refractivity contribution in [3.05, 3.63) is 36.0 Å². The van der Waals surface area contributed by atoms with Crippen molar-refractivity contribution >= 4 is 22.5 Å². The Morgan fingerprint density at radius 3 is 2.52 bits per heavy atom. The number of hydrogen-bond acceptors (Lipinski definition) is 6. The Hall–Kier alpha value is -3.55. The van der Waals surface area contributed by atoms with E-state index in [9.17, 15) is 4.79 Å². The lowest BCUT2D eigenvalue weighted by Crippen LogP contribution is -2.17. The van der Waals surface area contributed by atoms with Crippen LogP contribution in [0.3, 0.4) is 0 Å². The first kappa shape index (κ1) is 18.8. The van der Waals surface area contributed by atoms with Gasteiger partial charge in [0.1, 0.15) is 13.2 Å². The Balaban J connectivity index is 1.60. The van der Waals surface area contributed by atoms with Gasteiger partial charge in [-0.15, -0.1) is 0 Å². The topological polar surface area (TPSA) is 91.0 Å². The van der Waals surface area contributed by atoms with Gasteiger partial charge < -0.3 is 34.0 Å². The fraction of sp³-hybridized carbons (Fsp3) is 0.286. The van der Waals surface area contributed by atoms with Crippen LogP contribution in [0.15, 0.2) is 30.5 Å². The number of H-pyrrole nitrogens is 1. The maximum atomic E-state index is 12.7. The Morgan fingerprint density at radius 1 is 1.03 bits per heavy atom. The van der Waals surface area contributed by atoms with Gasteiger partial charge in [0.25, 0.3) is 0 Å². The van der Waals surface area contributed by atoms with E-state index in [1.807, 2.05) is 6.07 Å². The summed E-state index contributed by atoms with van der Waals surface area (Å²) in [4.78, 5) is 15.8. The van der Waals surface area contributed by atoms with E-state index in [1.54, 1.807) is 45.7 Å². The number of benzene rings is 2. The Labute approximate surface area is 167 Å². The lowest BCUT2D eigenvalue weighted by Gasteiger charge is -2.19. The maximum absolute atomic E-state index is 12.7. The van der Waals surface area contributed by atoms with E-state index in [0.29, 0.717) is 47.6 Å². The number of amides is 1. The molecule has 1 aliphatic heterocycles. The fourth-order valence-electron chi connectivity index (χ4n) is 3.46. The van der Waals surface area contributed by atoms with Crippen LogP contribution in [0.2, 0.25) is 0 Å². The molecule has 8 heteroatoms. The summed E-state index contributed by atoms with van der Waals surface area (Å²) in [5.41, 5.74) is 2.22. The summed E-state index contributed by atoms with van der Waals surface area (Å²) < 4.78 is 27.5. The van der Waals surface area contributed by atoms with E-state index in [2.05, 4.69) is 10.3 Å². The Kier molecular flexibility index (Phi) is 5.07. The first-order valence-electron chi connectivity index (χ1n) is 9.13. The fourth-order valence-corrected chi connectivity index (χ4v) is 3.46. The van der Waals surface area contributed by atoms with Crippen LogP contribution in [0, 0.1) is 0 Å². The van der Waals surface area contributed by atoms with Gasteiger partial charge in [-0.1, -0.05) is 0 Å². The normalized spacial score (nSPS) is 12.5. The molecule has 0 aliphatic carbocycles. The summed E-state index contributed by atoms with van der Waals surface area (Å²) in [5, 5.41) is 3.68. The summed E-state index contributed by atoms with van der Waals surface area (Å²) in [6.45, 7) is 1.01. The molecular weight excluding hydrogens is 376 g/mol. The van der Waals surface area contributed by atoms with Crippen molar-refractivity contribution in [1.82, 2.24) is 4.98 Å². The van der Waals surface area contributed by atoms with Crippen LogP contribution in [0.25, 0.3) is 10.9 Å². The number of aromatic nitrogens is 1. The third kappa shape index (κ3) is 3.49. The van der Waals surface area contributed by atoms with Gasteiger partial charge in [0.05, 0.1) is 33.3 Å². The number of nitrogens with one attached hydrogen (secondary N) is 2. The number of aromatic amines is 1. The summed E-state index contributed by atoms with van der Waals surface area (Å²) in [6.07, 6.45) is 1.94. The van der Waals surface area contributed by atoms with Gasteiger partial charge in [-0.2, -0.15) is 0 Å². The summed E-state index contributed by atoms with van der Waals surface area (Å²) >= 11 is 0. The molecule has 0 spiro atoms. The predicted octanol–water partition coefficient (Wildman–Crippen LogP) is 3.15. The van der Waals surface area contributed by atoms with Gasteiger partial charge in [0.15, 0.2) is 23.0 Å². The second kappa shape index (κ2) is 7.83. The van der Waals surface area contributed by atoms with E-state index in [1.165, 1.54) is 0 Å². The molecule has 0 bridgehead atoms. The molecule has 0 unspecified atom stereocenters. The van der Waals surface area contributed by atoms with Crippen molar-refractivity contribution < 1.29 is 28.5 Å². The molecule has 2 heterocycles. The lowest BCUT2D eigenvalue weighted by atomic mass is 10.1. The van der Waals surface area contributed by atoms with Gasteiger partial charge in [-0.05, 0) is 17.7 Å². The smallest absolute Gasteiger partial charge is 0.228 e. The molecular formula is C21H22N2O6.